The molecule has 17 heavy (non-hydrogen) atoms. The van der Waals surface area contributed by atoms with Gasteiger partial charge in [-0.25, -0.2) is 13.7 Å². The summed E-state index contributed by atoms with van der Waals surface area (Å²) in [6.07, 6.45) is 0. The zero-order chi connectivity index (χ0) is 12.2. The first kappa shape index (κ1) is 32.8. The van der Waals surface area contributed by atoms with Crippen LogP contribution < -0.4 is 110 Å². The minimum Gasteiger partial charge on any atom is -1.00 e. The van der Waals surface area contributed by atoms with E-state index in [0.717, 1.165) is 0 Å². The van der Waals surface area contributed by atoms with Gasteiger partial charge in [-0.1, -0.05) is 0 Å². The van der Waals surface area contributed by atoms with E-state index in [1.807, 2.05) is 0 Å². The third kappa shape index (κ3) is 64.8. The monoisotopic (exact) mass is 364 g/mol. The van der Waals surface area contributed by atoms with Crippen LogP contribution in [-0.2, 0) is 18.0 Å². The van der Waals surface area contributed by atoms with E-state index in [2.05, 4.69) is 4.31 Å². The van der Waals surface area contributed by atoms with Crippen molar-refractivity contribution in [2.75, 3.05) is 0 Å². The Morgan fingerprint density at radius 3 is 0.824 bits per heavy atom. The van der Waals surface area contributed by atoms with Gasteiger partial charge in [-0.3, -0.25) is 0 Å². The van der Waals surface area contributed by atoms with E-state index in [1.54, 1.807) is 0 Å². The Labute approximate surface area is 187 Å². The zero-order valence-corrected chi connectivity index (χ0v) is 18.9. The molecule has 0 aliphatic rings. The van der Waals surface area contributed by atoms with Crippen molar-refractivity contribution >= 4 is 23.5 Å². The van der Waals surface area contributed by atoms with Crippen LogP contribution in [0.1, 0.15) is 4.28 Å². The van der Waals surface area contributed by atoms with E-state index in [0.29, 0.717) is 0 Å². The Balaban J connectivity index is -0.0000000199. The second kappa shape index (κ2) is 13.7. The summed E-state index contributed by atoms with van der Waals surface area (Å²) in [5.41, 5.74) is 0. The van der Waals surface area contributed by atoms with Crippen LogP contribution in [0.3, 0.4) is 0 Å². The van der Waals surface area contributed by atoms with Gasteiger partial charge in [0.2, 0.25) is 0 Å². The normalized spacial score (nSPS) is 10.8. The predicted octanol–water partition coefficient (Wildman–Crippen LogP) is -10.4. The van der Waals surface area contributed by atoms with Crippen LogP contribution in [-0.4, -0.2) is 34.3 Å². The molecule has 0 amide bonds. The summed E-state index contributed by atoms with van der Waals surface area (Å²) >= 11 is 0. The molecule has 0 saturated heterocycles. The molecule has 0 aliphatic heterocycles. The number of hydrogen-bond acceptors (Lipinski definition) is 4. The Morgan fingerprint density at radius 2 is 0.824 bits per heavy atom. The largest absolute Gasteiger partial charge is 1.00 e. The van der Waals surface area contributed by atoms with Crippen molar-refractivity contribution in [2.24, 2.45) is 0 Å². The van der Waals surface area contributed by atoms with Gasteiger partial charge in [0.25, 0.3) is 0 Å². The van der Waals surface area contributed by atoms with E-state index < -0.39 is 23.5 Å². The van der Waals surface area contributed by atoms with Gasteiger partial charge in [0, 0.05) is 0 Å². The molecule has 0 unspecified atom stereocenters. The molecule has 7 N–H and O–H groups in total. The summed E-state index contributed by atoms with van der Waals surface area (Å²) < 4.78 is 31.1. The molecule has 17 heteroatoms. The number of hydrogen-bond donors (Lipinski definition) is 7. The van der Waals surface area contributed by atoms with Gasteiger partial charge in [0.05, 0.1) is 0 Å². The van der Waals surface area contributed by atoms with E-state index in [4.69, 9.17) is 38.8 Å². The maximum absolute atomic E-state index is 9.63. The fourth-order valence-electron chi connectivity index (χ4n) is 0.139. The van der Waals surface area contributed by atoms with Crippen LogP contribution in [0.25, 0.3) is 0 Å². The van der Waals surface area contributed by atoms with Crippen LogP contribution >= 0.6 is 23.5 Å². The summed E-state index contributed by atoms with van der Waals surface area (Å²) in [7, 11) is -14.7. The summed E-state index contributed by atoms with van der Waals surface area (Å²) in [5, 5.41) is 0. The average Bonchev–Trinajstić information content (AvgIpc) is 1.42. The Kier molecular flexibility index (Phi) is 26.4. The molecule has 0 aromatic heterocycles. The van der Waals surface area contributed by atoms with Crippen molar-refractivity contribution in [2.45, 2.75) is 0 Å². The molecular weight excluding hydrogens is 354 g/mol. The van der Waals surface area contributed by atoms with Crippen molar-refractivity contribution in [3.8, 4) is 0 Å². The molecule has 0 aliphatic carbocycles. The minimum absolute atomic E-state index is 0. The van der Waals surface area contributed by atoms with E-state index >= 15 is 0 Å². The first-order chi connectivity index (χ1) is 5.71. The maximum atomic E-state index is 9.63. The van der Waals surface area contributed by atoms with Gasteiger partial charge in [-0.15, -0.1) is 0 Å². The first-order valence-electron chi connectivity index (χ1n) is 2.31. The molecule has 0 aromatic rings. The van der Waals surface area contributed by atoms with Crippen molar-refractivity contribution in [3.05, 3.63) is 0 Å². The third-order valence-electron chi connectivity index (χ3n) is 0.213. The van der Waals surface area contributed by atoms with Crippen molar-refractivity contribution in [3.63, 3.8) is 0 Å². The zero-order valence-electron chi connectivity index (χ0n) is 12.1. The molecule has 11 nitrogen and oxygen atoms in total. The first-order valence-corrected chi connectivity index (χ1v) is 6.94. The molecule has 0 fully saturated rings. The molecule has 94 valence electrons. The summed E-state index contributed by atoms with van der Waals surface area (Å²) in [6, 6.07) is 0. The Hall–Kier alpha value is 4.01. The fraction of sp³-hybridized carbons (Fsp3) is 0. The van der Waals surface area contributed by atoms with E-state index in [9.17, 15) is 9.13 Å². The molecule has 0 spiro atoms. The predicted molar refractivity (Wildman–Crippen MR) is 42.8 cm³/mol. The molecular formula is H10KNa2O11P3. The molecule has 0 radical (unpaired) electrons. The van der Waals surface area contributed by atoms with Gasteiger partial charge in [-0.05, 0) is 0 Å². The second-order valence-corrected chi connectivity index (χ2v) is 5.22. The topological polar surface area (TPSA) is 202 Å². The smallest absolute Gasteiger partial charge is 1.00 e. The molecule has 0 rings (SSSR count). The van der Waals surface area contributed by atoms with Crippen LogP contribution in [0.5, 0.6) is 0 Å². The van der Waals surface area contributed by atoms with Crippen LogP contribution in [0, 0.1) is 0 Å². The van der Waals surface area contributed by atoms with Gasteiger partial charge >= 0.3 is 134 Å². The Morgan fingerprint density at radius 1 is 0.706 bits per heavy atom. The quantitative estimate of drug-likeness (QED) is 0.181. The van der Waals surface area contributed by atoms with Crippen LogP contribution in [0.4, 0.5) is 0 Å². The molecule has 0 saturated carbocycles. The average molecular weight is 364 g/mol. The summed E-state index contributed by atoms with van der Waals surface area (Å²) in [5.74, 6) is 0. The number of phosphoric acid groups is 3. The summed E-state index contributed by atoms with van der Waals surface area (Å²) in [6.45, 7) is 0. The maximum Gasteiger partial charge on any atom is 1.00 e. The molecule has 0 heterocycles. The third-order valence-corrected chi connectivity index (χ3v) is 1.91. The van der Waals surface area contributed by atoms with Gasteiger partial charge < -0.3 is 38.5 Å². The standard InChI is InChI=1S/K.2Na.H4O7P2.H3O4P.3H/c;;;1-8(2,3)7-9(4,5)6;1-5(2,3)4;;;/h;;;(H2,1,2,3)(H2,4,5,6);(H3,1,2,3,4);;;/q3*+1;;;3*-1. The second-order valence-electron chi connectivity index (χ2n) is 1.58. The Bertz CT molecular complexity index is 280. The minimum atomic E-state index is -5.05. The molecule has 0 aromatic carbocycles. The van der Waals surface area contributed by atoms with E-state index in [-0.39, 0.29) is 115 Å². The summed E-state index contributed by atoms with van der Waals surface area (Å²) in [4.78, 5) is 52.6. The van der Waals surface area contributed by atoms with Gasteiger partial charge in [0.1, 0.15) is 0 Å². The SMILES string of the molecule is O=P(O)(O)O.O=P(O)(O)OP(=O)(O)O.[H-].[H-].[H-].[K+].[Na+].[Na+]. The van der Waals surface area contributed by atoms with Crippen molar-refractivity contribution in [1.29, 1.82) is 0 Å². The van der Waals surface area contributed by atoms with Crippen LogP contribution in [0.2, 0.25) is 0 Å². The van der Waals surface area contributed by atoms with Gasteiger partial charge in [0.15, 0.2) is 0 Å². The van der Waals surface area contributed by atoms with Crippen molar-refractivity contribution < 1.29 is 167 Å². The van der Waals surface area contributed by atoms with Crippen molar-refractivity contribution in [1.82, 2.24) is 0 Å². The fourth-order valence-corrected chi connectivity index (χ4v) is 1.25. The van der Waals surface area contributed by atoms with Gasteiger partial charge in [-0.2, -0.15) is 4.31 Å². The number of rotatable bonds is 2. The van der Waals surface area contributed by atoms with E-state index in [1.165, 1.54) is 0 Å². The van der Waals surface area contributed by atoms with Crippen LogP contribution in [0.15, 0.2) is 0 Å². The molecule has 0 bridgehead atoms. The molecule has 0 atom stereocenters.